The molecule has 1 aromatic carbocycles. The Morgan fingerprint density at radius 1 is 0.846 bits per heavy atom. The molecule has 1 aliphatic heterocycles. The molecule has 0 amide bonds. The van der Waals surface area contributed by atoms with Crippen LogP contribution in [0.1, 0.15) is 141 Å². The van der Waals surface area contributed by atoms with E-state index in [1.165, 1.54) is 56.9 Å². The lowest BCUT2D eigenvalue weighted by Gasteiger charge is -2.38. The second-order valence-corrected chi connectivity index (χ2v) is 14.1. The highest BCUT2D eigenvalue weighted by Crippen LogP contribution is 2.45. The summed E-state index contributed by atoms with van der Waals surface area (Å²) in [6.07, 6.45) is 14.3. The van der Waals surface area contributed by atoms with Crippen LogP contribution < -0.4 is 15.2 Å². The third-order valence-corrected chi connectivity index (χ3v) is 9.07. The minimum atomic E-state index is -0.597. The molecule has 0 bridgehead atoms. The van der Waals surface area contributed by atoms with Crippen molar-refractivity contribution in [3.8, 4) is 11.5 Å². The van der Waals surface area contributed by atoms with Crippen molar-refractivity contribution in [2.75, 3.05) is 0 Å². The molecule has 0 spiro atoms. The molecular weight excluding hydrogens is 482 g/mol. The van der Waals surface area contributed by atoms with Gasteiger partial charge in [-0.05, 0) is 100 Å². The summed E-state index contributed by atoms with van der Waals surface area (Å²) in [6, 6.07) is -0.597. The number of carbonyl (C=O) groups is 1. The summed E-state index contributed by atoms with van der Waals surface area (Å²) in [6.45, 7) is 22.1. The van der Waals surface area contributed by atoms with Crippen molar-refractivity contribution >= 4 is 5.97 Å². The summed E-state index contributed by atoms with van der Waals surface area (Å²) in [5.74, 6) is 4.15. The van der Waals surface area contributed by atoms with E-state index in [2.05, 4.69) is 62.3 Å². The van der Waals surface area contributed by atoms with Crippen molar-refractivity contribution in [2.45, 2.75) is 158 Å². The molecule has 2 N–H and O–H groups in total. The molecular formula is C35H61NO3. The Hall–Kier alpha value is -1.55. The first kappa shape index (κ1) is 33.7. The van der Waals surface area contributed by atoms with Crippen molar-refractivity contribution in [2.24, 2.45) is 29.4 Å². The standard InChI is InChI=1S/C35H61NO3/c1-23(2)14-11-15-25(5)16-12-17-26(6)18-13-20-35(10)21-19-30-29(9)32(27(7)28(8)33(30)39-35)38-34(37)31(36)22-24(3)4/h23-26,31H,11-22,36H2,1-10H3/t25-,26-,31+,35-/m1/s1. The maximum absolute atomic E-state index is 12.7. The van der Waals surface area contributed by atoms with Gasteiger partial charge in [-0.15, -0.1) is 0 Å². The van der Waals surface area contributed by atoms with Crippen LogP contribution in [-0.4, -0.2) is 17.6 Å². The van der Waals surface area contributed by atoms with Crippen molar-refractivity contribution in [3.05, 3.63) is 22.3 Å². The highest BCUT2D eigenvalue weighted by Gasteiger charge is 2.35. The second kappa shape index (κ2) is 15.5. The predicted octanol–water partition coefficient (Wildman–Crippen LogP) is 9.41. The molecule has 0 aliphatic carbocycles. The Morgan fingerprint density at radius 2 is 1.41 bits per heavy atom. The summed E-state index contributed by atoms with van der Waals surface area (Å²) in [5, 5.41) is 0. The van der Waals surface area contributed by atoms with E-state index in [-0.39, 0.29) is 11.6 Å². The van der Waals surface area contributed by atoms with Gasteiger partial charge in [-0.3, -0.25) is 0 Å². The minimum Gasteiger partial charge on any atom is -0.487 e. The monoisotopic (exact) mass is 543 g/mol. The van der Waals surface area contributed by atoms with Crippen LogP contribution in [0.4, 0.5) is 0 Å². The van der Waals surface area contributed by atoms with Crippen molar-refractivity contribution in [1.29, 1.82) is 0 Å². The first-order chi connectivity index (χ1) is 18.2. The molecule has 1 aromatic rings. The lowest BCUT2D eigenvalue weighted by molar-refractivity contribution is -0.136. The van der Waals surface area contributed by atoms with E-state index in [0.717, 1.165) is 59.5 Å². The van der Waals surface area contributed by atoms with Gasteiger partial charge in [0.2, 0.25) is 0 Å². The molecule has 0 saturated heterocycles. The lowest BCUT2D eigenvalue weighted by atomic mass is 9.83. The molecule has 2 rings (SSSR count). The van der Waals surface area contributed by atoms with Gasteiger partial charge in [0, 0.05) is 5.56 Å². The summed E-state index contributed by atoms with van der Waals surface area (Å²) in [5.41, 5.74) is 10.2. The van der Waals surface area contributed by atoms with Crippen LogP contribution in [0.3, 0.4) is 0 Å². The van der Waals surface area contributed by atoms with E-state index in [1.807, 2.05) is 6.92 Å². The number of benzene rings is 1. The topological polar surface area (TPSA) is 61.5 Å². The number of hydrogen-bond donors (Lipinski definition) is 1. The molecule has 1 aliphatic rings. The maximum atomic E-state index is 12.7. The van der Waals surface area contributed by atoms with E-state index in [4.69, 9.17) is 15.2 Å². The highest BCUT2D eigenvalue weighted by atomic mass is 16.5. The maximum Gasteiger partial charge on any atom is 0.328 e. The quantitative estimate of drug-likeness (QED) is 0.167. The smallest absolute Gasteiger partial charge is 0.328 e. The normalized spacial score (nSPS) is 19.5. The van der Waals surface area contributed by atoms with Crippen LogP contribution in [0.25, 0.3) is 0 Å². The van der Waals surface area contributed by atoms with E-state index < -0.39 is 6.04 Å². The van der Waals surface area contributed by atoms with E-state index in [9.17, 15) is 4.79 Å². The van der Waals surface area contributed by atoms with Gasteiger partial charge in [-0.25, -0.2) is 4.79 Å². The fourth-order valence-corrected chi connectivity index (χ4v) is 6.19. The fraction of sp³-hybridized carbons (Fsp3) is 0.800. The van der Waals surface area contributed by atoms with Crippen LogP contribution in [0.5, 0.6) is 11.5 Å². The molecule has 1 heterocycles. The van der Waals surface area contributed by atoms with Crippen LogP contribution in [-0.2, 0) is 11.2 Å². The largest absolute Gasteiger partial charge is 0.487 e. The Balaban J connectivity index is 1.89. The summed E-state index contributed by atoms with van der Waals surface area (Å²) in [4.78, 5) is 12.7. The predicted molar refractivity (Wildman–Crippen MR) is 166 cm³/mol. The van der Waals surface area contributed by atoms with Gasteiger partial charge in [-0.1, -0.05) is 86.5 Å². The van der Waals surface area contributed by atoms with Crippen LogP contribution in [0, 0.1) is 44.4 Å². The third-order valence-electron chi connectivity index (χ3n) is 9.07. The lowest BCUT2D eigenvalue weighted by Crippen LogP contribution is -2.38. The zero-order valence-electron chi connectivity index (χ0n) is 27.2. The Kier molecular flexibility index (Phi) is 13.3. The Morgan fingerprint density at radius 3 is 1.97 bits per heavy atom. The zero-order chi connectivity index (χ0) is 29.3. The average molecular weight is 544 g/mol. The summed E-state index contributed by atoms with van der Waals surface area (Å²) in [7, 11) is 0. The van der Waals surface area contributed by atoms with Crippen LogP contribution in [0.2, 0.25) is 0 Å². The number of esters is 1. The molecule has 0 radical (unpaired) electrons. The first-order valence-electron chi connectivity index (χ1n) is 16.0. The molecule has 39 heavy (non-hydrogen) atoms. The molecule has 4 atom stereocenters. The van der Waals surface area contributed by atoms with Gasteiger partial charge in [0.25, 0.3) is 0 Å². The number of carbonyl (C=O) groups excluding carboxylic acids is 1. The average Bonchev–Trinajstić information content (AvgIpc) is 2.84. The molecule has 4 nitrogen and oxygen atoms in total. The van der Waals surface area contributed by atoms with Crippen molar-refractivity contribution in [3.63, 3.8) is 0 Å². The SMILES string of the molecule is Cc1c(C)c2c(c(C)c1OC(=O)[C@@H](N)CC(C)C)CC[C@@](C)(CCC[C@H](C)CCC[C@H](C)CCCC(C)C)O2. The number of nitrogens with two attached hydrogens (primary N) is 1. The number of fused-ring (bicyclic) bond motifs is 1. The van der Waals surface area contributed by atoms with Crippen LogP contribution >= 0.6 is 0 Å². The van der Waals surface area contributed by atoms with Gasteiger partial charge in [0.05, 0.1) is 0 Å². The molecule has 0 aromatic heterocycles. The molecule has 0 fully saturated rings. The Labute approximate surface area is 241 Å². The van der Waals surface area contributed by atoms with E-state index >= 15 is 0 Å². The molecule has 224 valence electrons. The third kappa shape index (κ3) is 10.4. The fourth-order valence-electron chi connectivity index (χ4n) is 6.19. The van der Waals surface area contributed by atoms with Crippen LogP contribution in [0.15, 0.2) is 0 Å². The van der Waals surface area contributed by atoms with Gasteiger partial charge < -0.3 is 15.2 Å². The minimum absolute atomic E-state index is 0.140. The number of ether oxygens (including phenoxy) is 2. The summed E-state index contributed by atoms with van der Waals surface area (Å²) < 4.78 is 12.6. The van der Waals surface area contributed by atoms with Gasteiger partial charge in [0.1, 0.15) is 23.1 Å². The summed E-state index contributed by atoms with van der Waals surface area (Å²) >= 11 is 0. The molecule has 0 saturated carbocycles. The number of rotatable bonds is 16. The van der Waals surface area contributed by atoms with Crippen molar-refractivity contribution in [1.82, 2.24) is 0 Å². The van der Waals surface area contributed by atoms with E-state index in [0.29, 0.717) is 18.1 Å². The zero-order valence-corrected chi connectivity index (χ0v) is 27.2. The van der Waals surface area contributed by atoms with Gasteiger partial charge in [-0.2, -0.15) is 0 Å². The molecule has 0 unspecified atom stereocenters. The number of hydrogen-bond acceptors (Lipinski definition) is 4. The Bertz CT molecular complexity index is 921. The second-order valence-electron chi connectivity index (χ2n) is 14.1. The van der Waals surface area contributed by atoms with Gasteiger partial charge >= 0.3 is 5.97 Å². The molecule has 4 heteroatoms. The van der Waals surface area contributed by atoms with E-state index in [1.54, 1.807) is 0 Å². The highest BCUT2D eigenvalue weighted by molar-refractivity contribution is 5.79. The van der Waals surface area contributed by atoms with Crippen molar-refractivity contribution < 1.29 is 14.3 Å². The first-order valence-corrected chi connectivity index (χ1v) is 16.0. The van der Waals surface area contributed by atoms with Gasteiger partial charge in [0.15, 0.2) is 0 Å².